The topological polar surface area (TPSA) is 67.4 Å². The van der Waals surface area contributed by atoms with E-state index in [4.69, 9.17) is 11.6 Å². The first-order valence-corrected chi connectivity index (χ1v) is 7.77. The van der Waals surface area contributed by atoms with Crippen molar-refractivity contribution in [1.29, 1.82) is 0 Å². The second kappa shape index (κ2) is 7.84. The van der Waals surface area contributed by atoms with Crippen molar-refractivity contribution in [2.45, 2.75) is 13.8 Å². The van der Waals surface area contributed by atoms with Crippen LogP contribution in [0.5, 0.6) is 0 Å². The molecule has 0 bridgehead atoms. The number of ether oxygens (including phenoxy) is 1. The number of nitrogens with one attached hydrogen (secondary N) is 2. The van der Waals surface area contributed by atoms with Crippen molar-refractivity contribution in [1.82, 2.24) is 0 Å². The summed E-state index contributed by atoms with van der Waals surface area (Å²) in [7, 11) is 1.29. The Balaban J connectivity index is 2.04. The average Bonchev–Trinajstić information content (AvgIpc) is 2.57. The van der Waals surface area contributed by atoms with Crippen LogP contribution in [0.3, 0.4) is 0 Å². The first-order valence-electron chi connectivity index (χ1n) is 7.39. The highest BCUT2D eigenvalue weighted by molar-refractivity contribution is 6.33. The number of esters is 1. The smallest absolute Gasteiger partial charge is 0.337 e. The van der Waals surface area contributed by atoms with Crippen LogP contribution < -0.4 is 10.6 Å². The molecular formula is C18H19ClN2O3. The summed E-state index contributed by atoms with van der Waals surface area (Å²) < 4.78 is 4.66. The largest absolute Gasteiger partial charge is 0.465 e. The van der Waals surface area contributed by atoms with Crippen molar-refractivity contribution in [3.63, 3.8) is 0 Å². The molecule has 0 aliphatic heterocycles. The van der Waals surface area contributed by atoms with Crippen molar-refractivity contribution >= 4 is 34.9 Å². The maximum absolute atomic E-state index is 12.1. The van der Waals surface area contributed by atoms with Gasteiger partial charge in [0.05, 0.1) is 29.9 Å². The molecule has 0 aliphatic carbocycles. The zero-order valence-corrected chi connectivity index (χ0v) is 14.5. The van der Waals surface area contributed by atoms with Gasteiger partial charge in [-0.15, -0.1) is 0 Å². The number of aryl methyl sites for hydroxylation is 2. The number of halogens is 1. The molecule has 2 aromatic carbocycles. The normalized spacial score (nSPS) is 10.2. The molecule has 0 heterocycles. The van der Waals surface area contributed by atoms with Crippen molar-refractivity contribution in [2.75, 3.05) is 24.3 Å². The van der Waals surface area contributed by atoms with Crippen LogP contribution in [0.4, 0.5) is 11.4 Å². The SMILES string of the molecule is COC(=O)c1ccc(Cl)c(NC(=O)CNc2cc(C)ccc2C)c1. The standard InChI is InChI=1S/C18H19ClN2O3/c1-11-4-5-12(2)15(8-11)20-10-17(22)21-16-9-13(18(23)24-3)6-7-14(16)19/h4-9,20H,10H2,1-3H3,(H,21,22). The first-order chi connectivity index (χ1) is 11.4. The van der Waals surface area contributed by atoms with Crippen LogP contribution in [0.15, 0.2) is 36.4 Å². The Bertz CT molecular complexity index is 775. The highest BCUT2D eigenvalue weighted by Gasteiger charge is 2.11. The minimum atomic E-state index is -0.490. The molecule has 0 atom stereocenters. The maximum atomic E-state index is 12.1. The van der Waals surface area contributed by atoms with E-state index in [0.717, 1.165) is 16.8 Å². The second-order valence-electron chi connectivity index (χ2n) is 5.41. The molecule has 1 amide bonds. The van der Waals surface area contributed by atoms with Gasteiger partial charge < -0.3 is 15.4 Å². The molecule has 0 spiro atoms. The monoisotopic (exact) mass is 346 g/mol. The molecule has 0 aliphatic rings. The molecule has 126 valence electrons. The molecule has 5 nitrogen and oxygen atoms in total. The van der Waals surface area contributed by atoms with Gasteiger partial charge >= 0.3 is 5.97 Å². The summed E-state index contributed by atoms with van der Waals surface area (Å²) >= 11 is 6.06. The molecule has 2 N–H and O–H groups in total. The van der Waals surface area contributed by atoms with Gasteiger partial charge in [-0.1, -0.05) is 23.7 Å². The lowest BCUT2D eigenvalue weighted by molar-refractivity contribution is -0.114. The third kappa shape index (κ3) is 4.49. The maximum Gasteiger partial charge on any atom is 0.337 e. The quantitative estimate of drug-likeness (QED) is 0.808. The Hall–Kier alpha value is -2.53. The zero-order valence-electron chi connectivity index (χ0n) is 13.8. The van der Waals surface area contributed by atoms with E-state index in [-0.39, 0.29) is 12.5 Å². The Morgan fingerprint density at radius 3 is 2.54 bits per heavy atom. The van der Waals surface area contributed by atoms with E-state index >= 15 is 0 Å². The molecule has 0 aromatic heterocycles. The third-order valence-corrected chi connectivity index (χ3v) is 3.82. The summed E-state index contributed by atoms with van der Waals surface area (Å²) in [4.78, 5) is 23.7. The summed E-state index contributed by atoms with van der Waals surface area (Å²) in [6, 6.07) is 10.6. The van der Waals surface area contributed by atoms with Crippen LogP contribution in [0.25, 0.3) is 0 Å². The Labute approximate surface area is 146 Å². The fourth-order valence-electron chi connectivity index (χ4n) is 2.16. The van der Waals surface area contributed by atoms with E-state index in [1.807, 2.05) is 32.0 Å². The van der Waals surface area contributed by atoms with Gasteiger partial charge in [0, 0.05) is 5.69 Å². The molecule has 0 radical (unpaired) electrons. The van der Waals surface area contributed by atoms with E-state index in [1.165, 1.54) is 19.2 Å². The number of benzene rings is 2. The van der Waals surface area contributed by atoms with E-state index in [9.17, 15) is 9.59 Å². The Morgan fingerprint density at radius 1 is 1.08 bits per heavy atom. The van der Waals surface area contributed by atoms with Crippen LogP contribution in [0.1, 0.15) is 21.5 Å². The highest BCUT2D eigenvalue weighted by Crippen LogP contribution is 2.23. The van der Waals surface area contributed by atoms with Crippen LogP contribution in [0.2, 0.25) is 5.02 Å². The molecule has 6 heteroatoms. The summed E-state index contributed by atoms with van der Waals surface area (Å²) in [5.41, 5.74) is 3.75. The second-order valence-corrected chi connectivity index (χ2v) is 5.81. The summed E-state index contributed by atoms with van der Waals surface area (Å²) in [5, 5.41) is 6.14. The van der Waals surface area contributed by atoms with Gasteiger partial charge in [0.2, 0.25) is 5.91 Å². The van der Waals surface area contributed by atoms with Gasteiger partial charge in [-0.05, 0) is 49.2 Å². The molecule has 0 fully saturated rings. The van der Waals surface area contributed by atoms with E-state index in [1.54, 1.807) is 6.07 Å². The number of amides is 1. The van der Waals surface area contributed by atoms with E-state index in [0.29, 0.717) is 16.3 Å². The molecular weight excluding hydrogens is 328 g/mol. The number of hydrogen-bond acceptors (Lipinski definition) is 4. The summed E-state index contributed by atoms with van der Waals surface area (Å²) in [6.07, 6.45) is 0. The highest BCUT2D eigenvalue weighted by atomic mass is 35.5. The van der Waals surface area contributed by atoms with Crippen LogP contribution in [-0.2, 0) is 9.53 Å². The predicted molar refractivity (Wildman–Crippen MR) is 95.8 cm³/mol. The number of anilines is 2. The number of rotatable bonds is 5. The number of carbonyl (C=O) groups is 2. The molecule has 0 saturated carbocycles. The fraction of sp³-hybridized carbons (Fsp3) is 0.222. The average molecular weight is 347 g/mol. The van der Waals surface area contributed by atoms with E-state index < -0.39 is 5.97 Å². The minimum absolute atomic E-state index is 0.0864. The van der Waals surface area contributed by atoms with Crippen molar-refractivity contribution in [3.05, 3.63) is 58.1 Å². The summed E-state index contributed by atoms with van der Waals surface area (Å²) in [5.74, 6) is -0.754. The van der Waals surface area contributed by atoms with Crippen molar-refractivity contribution in [2.24, 2.45) is 0 Å². The van der Waals surface area contributed by atoms with Crippen molar-refractivity contribution in [3.8, 4) is 0 Å². The van der Waals surface area contributed by atoms with Gasteiger partial charge in [0.1, 0.15) is 0 Å². The summed E-state index contributed by atoms with van der Waals surface area (Å²) in [6.45, 7) is 4.04. The number of carbonyl (C=O) groups excluding carboxylic acids is 2. The molecule has 24 heavy (non-hydrogen) atoms. The lowest BCUT2D eigenvalue weighted by Gasteiger charge is -2.12. The van der Waals surface area contributed by atoms with Gasteiger partial charge in [-0.25, -0.2) is 4.79 Å². The van der Waals surface area contributed by atoms with Gasteiger partial charge in [-0.3, -0.25) is 4.79 Å². The van der Waals surface area contributed by atoms with E-state index in [2.05, 4.69) is 15.4 Å². The minimum Gasteiger partial charge on any atom is -0.465 e. The Kier molecular flexibility index (Phi) is 5.82. The first kappa shape index (κ1) is 17.8. The molecule has 0 saturated heterocycles. The van der Waals surface area contributed by atoms with Crippen LogP contribution in [-0.4, -0.2) is 25.5 Å². The van der Waals surface area contributed by atoms with Crippen LogP contribution >= 0.6 is 11.6 Å². The van der Waals surface area contributed by atoms with Crippen LogP contribution in [0, 0.1) is 13.8 Å². The van der Waals surface area contributed by atoms with Crippen molar-refractivity contribution < 1.29 is 14.3 Å². The number of methoxy groups -OCH3 is 1. The molecule has 2 rings (SSSR count). The number of hydrogen-bond donors (Lipinski definition) is 2. The fourth-order valence-corrected chi connectivity index (χ4v) is 2.33. The van der Waals surface area contributed by atoms with Gasteiger partial charge in [0.15, 0.2) is 0 Å². The third-order valence-electron chi connectivity index (χ3n) is 3.49. The zero-order chi connectivity index (χ0) is 17.7. The molecule has 0 unspecified atom stereocenters. The Morgan fingerprint density at radius 2 is 1.83 bits per heavy atom. The molecule has 2 aromatic rings. The van der Waals surface area contributed by atoms with Gasteiger partial charge in [0.25, 0.3) is 0 Å². The lowest BCUT2D eigenvalue weighted by Crippen LogP contribution is -2.22. The van der Waals surface area contributed by atoms with Gasteiger partial charge in [-0.2, -0.15) is 0 Å². The lowest BCUT2D eigenvalue weighted by atomic mass is 10.1. The predicted octanol–water partition coefficient (Wildman–Crippen LogP) is 3.79.